The SMILES string of the molecule is CS(=O)(=O)c1ccc(NN2[C@@H]([C@H](O)c3ccc(Br)cc3)C=C[C@H]3C(=O)N(Cc4ccccc4)C(=O)[C@H]32)cc1. The van der Waals surface area contributed by atoms with Gasteiger partial charge in [0, 0.05) is 16.4 Å². The van der Waals surface area contributed by atoms with Crippen LogP contribution in [0.2, 0.25) is 0 Å². The number of aliphatic hydroxyl groups excluding tert-OH is 1. The maximum atomic E-state index is 13.7. The number of fused-ring (bicyclic) bond motifs is 1. The number of benzene rings is 3. The molecule has 0 unspecified atom stereocenters. The van der Waals surface area contributed by atoms with Crippen molar-refractivity contribution in [2.24, 2.45) is 5.92 Å². The zero-order valence-corrected chi connectivity index (χ0v) is 22.8. The van der Waals surface area contributed by atoms with Crippen molar-refractivity contribution in [3.8, 4) is 0 Å². The second-order valence-electron chi connectivity index (χ2n) is 9.41. The third-order valence-electron chi connectivity index (χ3n) is 6.81. The van der Waals surface area contributed by atoms with Crippen molar-refractivity contribution in [3.05, 3.63) is 107 Å². The molecule has 4 atom stereocenters. The number of sulfone groups is 1. The maximum Gasteiger partial charge on any atom is 0.249 e. The van der Waals surface area contributed by atoms with Crippen molar-refractivity contribution in [2.75, 3.05) is 11.7 Å². The Balaban J connectivity index is 1.50. The molecule has 0 aliphatic carbocycles. The minimum absolute atomic E-state index is 0.149. The summed E-state index contributed by atoms with van der Waals surface area (Å²) in [4.78, 5) is 28.5. The van der Waals surface area contributed by atoms with Crippen molar-refractivity contribution in [2.45, 2.75) is 29.6 Å². The fourth-order valence-electron chi connectivity index (χ4n) is 4.83. The lowest BCUT2D eigenvalue weighted by Gasteiger charge is -2.40. The second-order valence-corrected chi connectivity index (χ2v) is 12.3. The van der Waals surface area contributed by atoms with Crippen LogP contribution in [0.3, 0.4) is 0 Å². The number of hydrogen-bond acceptors (Lipinski definition) is 7. The average molecular weight is 597 g/mol. The lowest BCUT2D eigenvalue weighted by atomic mass is 9.90. The Morgan fingerprint density at radius 3 is 2.21 bits per heavy atom. The molecular formula is C28H26BrN3O5S. The lowest BCUT2D eigenvalue weighted by molar-refractivity contribution is -0.140. The maximum absolute atomic E-state index is 13.7. The van der Waals surface area contributed by atoms with Gasteiger partial charge in [-0.1, -0.05) is 70.5 Å². The van der Waals surface area contributed by atoms with Gasteiger partial charge in [0.25, 0.3) is 0 Å². The number of hydrogen-bond donors (Lipinski definition) is 2. The van der Waals surface area contributed by atoms with E-state index in [9.17, 15) is 23.1 Å². The van der Waals surface area contributed by atoms with Crippen molar-refractivity contribution >= 4 is 43.3 Å². The number of carbonyl (C=O) groups excluding carboxylic acids is 2. The zero-order valence-electron chi connectivity index (χ0n) is 20.4. The fraction of sp³-hybridized carbons (Fsp3) is 0.214. The smallest absolute Gasteiger partial charge is 0.249 e. The summed E-state index contributed by atoms with van der Waals surface area (Å²) in [7, 11) is -3.39. The van der Waals surface area contributed by atoms with Crippen LogP contribution < -0.4 is 5.43 Å². The number of nitrogens with zero attached hydrogens (tertiary/aromatic N) is 2. The van der Waals surface area contributed by atoms with Crippen LogP contribution in [0.1, 0.15) is 17.2 Å². The number of likely N-dealkylation sites (tertiary alicyclic amines) is 1. The van der Waals surface area contributed by atoms with E-state index in [-0.39, 0.29) is 23.3 Å². The molecule has 2 aliphatic rings. The van der Waals surface area contributed by atoms with Gasteiger partial charge in [-0.2, -0.15) is 0 Å². The number of imide groups is 1. The molecule has 3 aromatic carbocycles. The topological polar surface area (TPSA) is 107 Å². The van der Waals surface area contributed by atoms with E-state index < -0.39 is 33.9 Å². The number of anilines is 1. The Morgan fingerprint density at radius 2 is 1.58 bits per heavy atom. The molecule has 10 heteroatoms. The first-order valence-electron chi connectivity index (χ1n) is 12.0. The summed E-state index contributed by atoms with van der Waals surface area (Å²) < 4.78 is 24.7. The molecule has 0 aromatic heterocycles. The highest BCUT2D eigenvalue weighted by molar-refractivity contribution is 9.10. The highest BCUT2D eigenvalue weighted by atomic mass is 79.9. The van der Waals surface area contributed by atoms with E-state index in [4.69, 9.17) is 0 Å². The molecule has 2 amide bonds. The van der Waals surface area contributed by atoms with E-state index in [1.54, 1.807) is 41.4 Å². The average Bonchev–Trinajstić information content (AvgIpc) is 3.14. The molecule has 5 rings (SSSR count). The van der Waals surface area contributed by atoms with Crippen molar-refractivity contribution < 1.29 is 23.1 Å². The van der Waals surface area contributed by atoms with Crippen LogP contribution in [0.5, 0.6) is 0 Å². The van der Waals surface area contributed by atoms with Gasteiger partial charge in [0.05, 0.1) is 29.5 Å². The van der Waals surface area contributed by atoms with Gasteiger partial charge in [-0.05, 0) is 47.5 Å². The number of amides is 2. The van der Waals surface area contributed by atoms with Gasteiger partial charge < -0.3 is 10.5 Å². The van der Waals surface area contributed by atoms with Gasteiger partial charge in [0.1, 0.15) is 6.04 Å². The van der Waals surface area contributed by atoms with Crippen LogP contribution >= 0.6 is 15.9 Å². The lowest BCUT2D eigenvalue weighted by Crippen LogP contribution is -2.55. The third-order valence-corrected chi connectivity index (χ3v) is 8.46. The quantitative estimate of drug-likeness (QED) is 0.317. The minimum Gasteiger partial charge on any atom is -0.386 e. The molecule has 2 N–H and O–H groups in total. The third kappa shape index (κ3) is 5.17. The van der Waals surface area contributed by atoms with E-state index >= 15 is 0 Å². The van der Waals surface area contributed by atoms with Gasteiger partial charge in [0.15, 0.2) is 9.84 Å². The van der Waals surface area contributed by atoms with Crippen LogP contribution in [0.25, 0.3) is 0 Å². The van der Waals surface area contributed by atoms with E-state index in [0.717, 1.165) is 16.3 Å². The Hall–Kier alpha value is -3.31. The molecule has 196 valence electrons. The van der Waals surface area contributed by atoms with E-state index in [2.05, 4.69) is 21.4 Å². The number of halogens is 1. The second kappa shape index (κ2) is 10.5. The number of aliphatic hydroxyl groups is 1. The Labute approximate surface area is 229 Å². The molecule has 1 fully saturated rings. The largest absolute Gasteiger partial charge is 0.386 e. The van der Waals surface area contributed by atoms with Crippen LogP contribution in [0.15, 0.2) is 100 Å². The van der Waals surface area contributed by atoms with Crippen molar-refractivity contribution in [1.29, 1.82) is 0 Å². The molecule has 38 heavy (non-hydrogen) atoms. The number of nitrogens with one attached hydrogen (secondary N) is 1. The van der Waals surface area contributed by atoms with Gasteiger partial charge >= 0.3 is 0 Å². The monoisotopic (exact) mass is 595 g/mol. The molecule has 2 heterocycles. The Morgan fingerprint density at radius 1 is 0.921 bits per heavy atom. The molecule has 2 aliphatic heterocycles. The van der Waals surface area contributed by atoms with E-state index in [1.807, 2.05) is 42.5 Å². The molecule has 1 saturated heterocycles. The van der Waals surface area contributed by atoms with E-state index in [1.165, 1.54) is 17.0 Å². The highest BCUT2D eigenvalue weighted by Gasteiger charge is 2.53. The van der Waals surface area contributed by atoms with Crippen LogP contribution in [0.4, 0.5) is 5.69 Å². The summed E-state index contributed by atoms with van der Waals surface area (Å²) in [6.07, 6.45) is 3.55. The first kappa shape index (κ1) is 26.3. The van der Waals surface area contributed by atoms with Gasteiger partial charge in [0.2, 0.25) is 11.8 Å². The van der Waals surface area contributed by atoms with Crippen LogP contribution in [-0.4, -0.2) is 53.6 Å². The summed E-state index contributed by atoms with van der Waals surface area (Å²) in [5.41, 5.74) is 5.18. The predicted octanol–water partition coefficient (Wildman–Crippen LogP) is 3.71. The number of hydrazine groups is 1. The molecule has 8 nitrogen and oxygen atoms in total. The van der Waals surface area contributed by atoms with Gasteiger partial charge in [-0.3, -0.25) is 14.5 Å². The molecule has 0 saturated carbocycles. The Kier molecular flexibility index (Phi) is 7.23. The molecule has 3 aromatic rings. The highest BCUT2D eigenvalue weighted by Crippen LogP contribution is 2.37. The molecule has 0 spiro atoms. The first-order chi connectivity index (χ1) is 18.1. The zero-order chi connectivity index (χ0) is 27.0. The summed E-state index contributed by atoms with van der Waals surface area (Å²) in [5, 5.41) is 13.0. The summed E-state index contributed by atoms with van der Waals surface area (Å²) in [6, 6.07) is 21.0. The molecule has 0 radical (unpaired) electrons. The van der Waals surface area contributed by atoms with E-state index in [0.29, 0.717) is 11.3 Å². The van der Waals surface area contributed by atoms with Crippen molar-refractivity contribution in [3.63, 3.8) is 0 Å². The number of carbonyl (C=O) groups is 2. The summed E-state index contributed by atoms with van der Waals surface area (Å²) in [5.74, 6) is -1.42. The predicted molar refractivity (Wildman–Crippen MR) is 146 cm³/mol. The summed E-state index contributed by atoms with van der Waals surface area (Å²) in [6.45, 7) is 0.149. The fourth-order valence-corrected chi connectivity index (χ4v) is 5.73. The molecule has 0 bridgehead atoms. The first-order valence-corrected chi connectivity index (χ1v) is 14.7. The van der Waals surface area contributed by atoms with Gasteiger partial charge in [-0.25, -0.2) is 13.4 Å². The normalized spacial score (nSPS) is 22.4. The molecular weight excluding hydrogens is 570 g/mol. The number of rotatable bonds is 7. The van der Waals surface area contributed by atoms with Crippen LogP contribution in [0, 0.1) is 5.92 Å². The van der Waals surface area contributed by atoms with Crippen LogP contribution in [-0.2, 0) is 26.0 Å². The summed E-state index contributed by atoms with van der Waals surface area (Å²) >= 11 is 3.40. The van der Waals surface area contributed by atoms with Crippen molar-refractivity contribution in [1.82, 2.24) is 9.91 Å². The Bertz CT molecular complexity index is 1480. The standard InChI is InChI=1S/C28H26BrN3O5S/c1-38(36,37)22-13-11-21(12-14-22)30-32-24(26(33)19-7-9-20(29)10-8-19)16-15-23-25(32)28(35)31(27(23)34)17-18-5-3-2-4-6-18/h2-16,23-26,30,33H,17H2,1H3/t23-,24-,25+,26-/m1/s1. The van der Waals surface area contributed by atoms with Gasteiger partial charge in [-0.15, -0.1) is 0 Å². The minimum atomic E-state index is -3.39.